The zero-order valence-corrected chi connectivity index (χ0v) is 6.33. The quantitative estimate of drug-likeness (QED) is 0.628. The highest BCUT2D eigenvalue weighted by Crippen LogP contribution is 2.15. The predicted molar refractivity (Wildman–Crippen MR) is 39.3 cm³/mol. The number of hydrogen-bond donors (Lipinski definition) is 1. The van der Waals surface area contributed by atoms with Crippen molar-refractivity contribution in [2.45, 2.75) is 25.8 Å². The first-order chi connectivity index (χ1) is 4.34. The molecule has 1 rings (SSSR count). The largest absolute Gasteiger partial charge is 0.297 e. The van der Waals surface area contributed by atoms with Gasteiger partial charge in [0.15, 0.2) is 0 Å². The number of rotatable bonds is 2. The second-order valence-corrected chi connectivity index (χ2v) is 3.13. The third kappa shape index (κ3) is 1.69. The molecular weight excluding hydrogens is 134 g/mol. The summed E-state index contributed by atoms with van der Waals surface area (Å²) >= 11 is 1.40. The third-order valence-electron chi connectivity index (χ3n) is 1.41. The van der Waals surface area contributed by atoms with Crippen LogP contribution in [-0.2, 0) is 4.79 Å². The Hall–Kier alpha value is -0.0200. The summed E-state index contributed by atoms with van der Waals surface area (Å²) in [7, 11) is 0. The Bertz CT molecular complexity index is 116. The first kappa shape index (κ1) is 7.09. The number of carbonyl (C=O) groups excluding carboxylic acids is 1. The Morgan fingerprint density at radius 3 is 3.11 bits per heavy atom. The maximum atomic E-state index is 10.9. The lowest BCUT2D eigenvalue weighted by Gasteiger charge is -2.02. The lowest BCUT2D eigenvalue weighted by molar-refractivity contribution is -0.112. The lowest BCUT2D eigenvalue weighted by atomic mass is 10.2. The normalized spacial score (nSPS) is 27.2. The minimum atomic E-state index is 0.153. The molecule has 0 spiro atoms. The average molecular weight is 145 g/mol. The molecule has 1 saturated heterocycles. The summed E-state index contributed by atoms with van der Waals surface area (Å²) in [4.78, 5) is 10.9. The van der Waals surface area contributed by atoms with Crippen LogP contribution < -0.4 is 5.32 Å². The zero-order valence-electron chi connectivity index (χ0n) is 5.52. The molecule has 0 amide bonds. The second kappa shape index (κ2) is 3.22. The van der Waals surface area contributed by atoms with Crippen molar-refractivity contribution in [2.75, 3.05) is 5.88 Å². The Labute approximate surface area is 59.4 Å². The van der Waals surface area contributed by atoms with E-state index < -0.39 is 0 Å². The molecule has 0 aliphatic carbocycles. The molecule has 0 saturated carbocycles. The van der Waals surface area contributed by atoms with E-state index in [1.165, 1.54) is 11.8 Å². The van der Waals surface area contributed by atoms with E-state index in [-0.39, 0.29) is 6.04 Å². The van der Waals surface area contributed by atoms with Crippen molar-refractivity contribution in [2.24, 2.45) is 0 Å². The van der Waals surface area contributed by atoms with Crippen molar-refractivity contribution < 1.29 is 4.79 Å². The fourth-order valence-electron chi connectivity index (χ4n) is 0.906. The predicted octanol–water partition coefficient (Wildman–Crippen LogP) is 0.976. The monoisotopic (exact) mass is 145 g/mol. The van der Waals surface area contributed by atoms with E-state index in [1.807, 2.05) is 0 Å². The molecule has 0 radical (unpaired) electrons. The molecule has 1 heterocycles. The van der Waals surface area contributed by atoms with Crippen LogP contribution in [0.3, 0.4) is 0 Å². The molecule has 9 heavy (non-hydrogen) atoms. The fraction of sp³-hybridized carbons (Fsp3) is 0.833. The first-order valence-corrected chi connectivity index (χ1v) is 4.23. The highest BCUT2D eigenvalue weighted by molar-refractivity contribution is 8.14. The topological polar surface area (TPSA) is 29.1 Å². The van der Waals surface area contributed by atoms with Crippen LogP contribution in [0.25, 0.3) is 0 Å². The number of thioether (sulfide) groups is 1. The highest BCUT2D eigenvalue weighted by atomic mass is 32.2. The average Bonchev–Trinajstić information content (AvgIpc) is 2.18. The fourth-order valence-corrected chi connectivity index (χ4v) is 1.74. The smallest absolute Gasteiger partial charge is 0.207 e. The van der Waals surface area contributed by atoms with Gasteiger partial charge in [0.25, 0.3) is 0 Å². The molecule has 1 unspecified atom stereocenters. The molecule has 1 aliphatic rings. The Morgan fingerprint density at radius 1 is 1.89 bits per heavy atom. The van der Waals surface area contributed by atoms with Gasteiger partial charge in [-0.3, -0.25) is 10.1 Å². The molecule has 1 aliphatic heterocycles. The molecular formula is C6H11NOS. The van der Waals surface area contributed by atoms with Gasteiger partial charge in [-0.1, -0.05) is 25.1 Å². The van der Waals surface area contributed by atoms with Crippen LogP contribution in [-0.4, -0.2) is 17.0 Å². The molecule has 3 heteroatoms. The van der Waals surface area contributed by atoms with Crippen LogP contribution in [0.15, 0.2) is 0 Å². The van der Waals surface area contributed by atoms with Crippen LogP contribution in [0.1, 0.15) is 19.8 Å². The minimum absolute atomic E-state index is 0.153. The van der Waals surface area contributed by atoms with Crippen LogP contribution in [0.2, 0.25) is 0 Å². The standard InChI is InChI=1S/C6H11NOS/c1-2-3-5-6(8)9-4-7-5/h5,7H,2-4H2,1H3. The molecule has 52 valence electrons. The van der Waals surface area contributed by atoms with Gasteiger partial charge in [-0.2, -0.15) is 0 Å². The van der Waals surface area contributed by atoms with Crippen molar-refractivity contribution in [3.8, 4) is 0 Å². The SMILES string of the molecule is CCCC1NCSC1=O. The lowest BCUT2D eigenvalue weighted by Crippen LogP contribution is -2.26. The van der Waals surface area contributed by atoms with Gasteiger partial charge in [-0.05, 0) is 6.42 Å². The van der Waals surface area contributed by atoms with Gasteiger partial charge in [-0.15, -0.1) is 0 Å². The van der Waals surface area contributed by atoms with E-state index in [4.69, 9.17) is 0 Å². The van der Waals surface area contributed by atoms with E-state index in [9.17, 15) is 4.79 Å². The zero-order chi connectivity index (χ0) is 6.69. The summed E-state index contributed by atoms with van der Waals surface area (Å²) < 4.78 is 0. The highest BCUT2D eigenvalue weighted by Gasteiger charge is 2.22. The summed E-state index contributed by atoms with van der Waals surface area (Å²) in [5.41, 5.74) is 0. The van der Waals surface area contributed by atoms with Gasteiger partial charge in [0.2, 0.25) is 5.12 Å². The maximum Gasteiger partial charge on any atom is 0.207 e. The van der Waals surface area contributed by atoms with Gasteiger partial charge >= 0.3 is 0 Å². The van der Waals surface area contributed by atoms with Crippen molar-refractivity contribution in [3.05, 3.63) is 0 Å². The number of carbonyl (C=O) groups is 1. The molecule has 2 nitrogen and oxygen atoms in total. The van der Waals surface area contributed by atoms with Gasteiger partial charge in [-0.25, -0.2) is 0 Å². The summed E-state index contributed by atoms with van der Waals surface area (Å²) in [6, 6.07) is 0.153. The van der Waals surface area contributed by atoms with Gasteiger partial charge < -0.3 is 0 Å². The molecule has 0 bridgehead atoms. The number of hydrogen-bond acceptors (Lipinski definition) is 3. The minimum Gasteiger partial charge on any atom is -0.297 e. The third-order valence-corrected chi connectivity index (χ3v) is 2.29. The van der Waals surface area contributed by atoms with Crippen LogP contribution >= 0.6 is 11.8 Å². The van der Waals surface area contributed by atoms with Crippen LogP contribution in [0.4, 0.5) is 0 Å². The summed E-state index contributed by atoms with van der Waals surface area (Å²) in [5.74, 6) is 0.809. The van der Waals surface area contributed by atoms with Gasteiger partial charge in [0.1, 0.15) is 0 Å². The van der Waals surface area contributed by atoms with Gasteiger partial charge in [0, 0.05) is 0 Å². The molecule has 0 aromatic carbocycles. The molecule has 1 fully saturated rings. The summed E-state index contributed by atoms with van der Waals surface area (Å²) in [6.45, 7) is 2.10. The van der Waals surface area contributed by atoms with Crippen molar-refractivity contribution in [3.63, 3.8) is 0 Å². The summed E-state index contributed by atoms with van der Waals surface area (Å²) in [5, 5.41) is 3.44. The summed E-state index contributed by atoms with van der Waals surface area (Å²) in [6.07, 6.45) is 2.08. The Balaban J connectivity index is 2.31. The van der Waals surface area contributed by atoms with E-state index >= 15 is 0 Å². The molecule has 1 N–H and O–H groups in total. The first-order valence-electron chi connectivity index (χ1n) is 3.24. The van der Waals surface area contributed by atoms with Crippen molar-refractivity contribution in [1.82, 2.24) is 5.32 Å². The van der Waals surface area contributed by atoms with E-state index in [0.717, 1.165) is 18.7 Å². The van der Waals surface area contributed by atoms with E-state index in [1.54, 1.807) is 0 Å². The van der Waals surface area contributed by atoms with E-state index in [2.05, 4.69) is 12.2 Å². The second-order valence-electron chi connectivity index (χ2n) is 2.15. The molecule has 0 aromatic heterocycles. The maximum absolute atomic E-state index is 10.9. The van der Waals surface area contributed by atoms with Crippen molar-refractivity contribution >= 4 is 16.9 Å². The Morgan fingerprint density at radius 2 is 2.67 bits per heavy atom. The van der Waals surface area contributed by atoms with Crippen molar-refractivity contribution in [1.29, 1.82) is 0 Å². The van der Waals surface area contributed by atoms with Gasteiger partial charge in [0.05, 0.1) is 11.9 Å². The number of nitrogens with one attached hydrogen (secondary N) is 1. The van der Waals surface area contributed by atoms with Crippen LogP contribution in [0, 0.1) is 0 Å². The van der Waals surface area contributed by atoms with E-state index in [0.29, 0.717) is 5.12 Å². The van der Waals surface area contributed by atoms with Crippen LogP contribution in [0.5, 0.6) is 0 Å². The molecule has 1 atom stereocenters. The molecule has 0 aromatic rings. The Kier molecular flexibility index (Phi) is 2.54.